The van der Waals surface area contributed by atoms with Crippen LogP contribution in [0, 0.1) is 0 Å². The number of rotatable bonds is 2. The molecule has 0 aliphatic carbocycles. The van der Waals surface area contributed by atoms with Crippen LogP contribution in [0.25, 0.3) is 0 Å². The lowest BCUT2D eigenvalue weighted by atomic mass is 10.0. The van der Waals surface area contributed by atoms with Crippen molar-refractivity contribution in [2.45, 2.75) is 51.6 Å². The molecule has 1 aliphatic rings. The molecular weight excluding hydrogens is 361 g/mol. The number of alkyl halides is 3. The lowest BCUT2D eigenvalue weighted by Crippen LogP contribution is -2.46. The largest absolute Gasteiger partial charge is 0.451 e. The van der Waals surface area contributed by atoms with Crippen LogP contribution in [0.1, 0.15) is 44.0 Å². The lowest BCUT2D eigenvalue weighted by molar-refractivity contribution is -0.148. The maximum atomic E-state index is 13.2. The van der Waals surface area contributed by atoms with E-state index >= 15 is 0 Å². The first-order valence-corrected chi connectivity index (χ1v) is 8.60. The van der Waals surface area contributed by atoms with Gasteiger partial charge in [0.15, 0.2) is 5.82 Å². The third-order valence-corrected chi connectivity index (χ3v) is 4.17. The zero-order valence-corrected chi connectivity index (χ0v) is 15.3. The molecule has 0 saturated carbocycles. The van der Waals surface area contributed by atoms with Gasteiger partial charge in [0, 0.05) is 19.5 Å². The number of amides is 1. The van der Waals surface area contributed by atoms with Gasteiger partial charge in [-0.3, -0.25) is 4.90 Å². The van der Waals surface area contributed by atoms with Crippen molar-refractivity contribution in [3.8, 4) is 0 Å². The summed E-state index contributed by atoms with van der Waals surface area (Å²) in [6.45, 7) is 5.27. The summed E-state index contributed by atoms with van der Waals surface area (Å²) in [5.41, 5.74) is 0.164. The predicted octanol–water partition coefficient (Wildman–Crippen LogP) is 3.83. The highest BCUT2D eigenvalue weighted by atomic mass is 19.4. The normalized spacial score (nSPS) is 17.6. The fraction of sp³-hybridized carbons (Fsp3) is 0.500. The monoisotopic (exact) mass is 382 g/mol. The second-order valence-corrected chi connectivity index (χ2v) is 7.41. The van der Waals surface area contributed by atoms with Crippen LogP contribution in [-0.2, 0) is 23.9 Å². The smallest absolute Gasteiger partial charge is 0.444 e. The molecule has 27 heavy (non-hydrogen) atoms. The molecule has 6 nitrogen and oxygen atoms in total. The number of halogens is 3. The van der Waals surface area contributed by atoms with Gasteiger partial charge >= 0.3 is 12.3 Å². The van der Waals surface area contributed by atoms with Gasteiger partial charge in [-0.15, -0.1) is 10.2 Å². The number of carbonyl (C=O) groups excluding carboxylic acids is 1. The number of fused-ring (bicyclic) bond motifs is 1. The molecule has 0 N–H and O–H groups in total. The fourth-order valence-corrected chi connectivity index (χ4v) is 3.07. The van der Waals surface area contributed by atoms with Crippen LogP contribution in [0.5, 0.6) is 0 Å². The van der Waals surface area contributed by atoms with Gasteiger partial charge in [-0.05, 0) is 26.3 Å². The van der Waals surface area contributed by atoms with Gasteiger partial charge < -0.3 is 9.30 Å². The van der Waals surface area contributed by atoms with Crippen molar-refractivity contribution in [2.75, 3.05) is 6.54 Å². The van der Waals surface area contributed by atoms with Gasteiger partial charge in [-0.2, -0.15) is 13.2 Å². The standard InChI is InChI=1S/C18H21F3N4O2/c1-17(2,3)27-16(26)24-9-10-25-14(22-23-15(25)18(19,20)21)13(24)11-12-7-5-4-6-8-12/h4-8,13H,9-11H2,1-3H3. The highest BCUT2D eigenvalue weighted by molar-refractivity contribution is 5.69. The van der Waals surface area contributed by atoms with E-state index in [0.717, 1.165) is 10.1 Å². The Kier molecular flexibility index (Phi) is 4.88. The van der Waals surface area contributed by atoms with Crippen molar-refractivity contribution in [2.24, 2.45) is 0 Å². The van der Waals surface area contributed by atoms with Crippen molar-refractivity contribution in [3.63, 3.8) is 0 Å². The Balaban J connectivity index is 1.98. The van der Waals surface area contributed by atoms with Gasteiger partial charge in [-0.1, -0.05) is 30.3 Å². The Hall–Kier alpha value is -2.58. The molecule has 0 spiro atoms. The van der Waals surface area contributed by atoms with Crippen LogP contribution in [-0.4, -0.2) is 37.9 Å². The van der Waals surface area contributed by atoms with Gasteiger partial charge in [0.25, 0.3) is 0 Å². The van der Waals surface area contributed by atoms with E-state index in [1.54, 1.807) is 20.8 Å². The lowest BCUT2D eigenvalue weighted by Gasteiger charge is -2.36. The molecule has 0 radical (unpaired) electrons. The average Bonchev–Trinajstić information content (AvgIpc) is 2.99. The van der Waals surface area contributed by atoms with Crippen LogP contribution >= 0.6 is 0 Å². The minimum atomic E-state index is -4.60. The van der Waals surface area contributed by atoms with Crippen molar-refractivity contribution in [1.29, 1.82) is 0 Å². The first-order chi connectivity index (χ1) is 12.6. The third-order valence-electron chi connectivity index (χ3n) is 4.17. The van der Waals surface area contributed by atoms with Gasteiger partial charge in [-0.25, -0.2) is 4.79 Å². The summed E-state index contributed by atoms with van der Waals surface area (Å²) in [4.78, 5) is 14.1. The van der Waals surface area contributed by atoms with Crippen molar-refractivity contribution >= 4 is 6.09 Å². The number of hydrogen-bond acceptors (Lipinski definition) is 4. The summed E-state index contributed by atoms with van der Waals surface area (Å²) in [5.74, 6) is -0.928. The molecule has 3 rings (SSSR count). The summed E-state index contributed by atoms with van der Waals surface area (Å²) < 4.78 is 46.1. The van der Waals surface area contributed by atoms with Crippen molar-refractivity contribution in [3.05, 3.63) is 47.5 Å². The zero-order valence-electron chi connectivity index (χ0n) is 15.3. The highest BCUT2D eigenvalue weighted by Crippen LogP contribution is 2.34. The zero-order chi connectivity index (χ0) is 19.8. The maximum Gasteiger partial charge on any atom is 0.451 e. The van der Waals surface area contributed by atoms with Crippen molar-refractivity contribution < 1.29 is 22.7 Å². The van der Waals surface area contributed by atoms with E-state index in [1.165, 1.54) is 4.90 Å². The number of aromatic nitrogens is 3. The van der Waals surface area contributed by atoms with Crippen LogP contribution in [0.4, 0.5) is 18.0 Å². The molecule has 9 heteroatoms. The minimum Gasteiger partial charge on any atom is -0.444 e. The van der Waals surface area contributed by atoms with E-state index in [2.05, 4.69) is 10.2 Å². The van der Waals surface area contributed by atoms with Crippen molar-refractivity contribution in [1.82, 2.24) is 19.7 Å². The molecule has 0 fully saturated rings. The summed E-state index contributed by atoms with van der Waals surface area (Å²) in [6, 6.07) is 8.53. The second-order valence-electron chi connectivity index (χ2n) is 7.41. The number of nitrogens with zero attached hydrogens (tertiary/aromatic N) is 4. The van der Waals surface area contributed by atoms with Crippen LogP contribution in [0.3, 0.4) is 0 Å². The quantitative estimate of drug-likeness (QED) is 0.792. The number of ether oxygens (including phenoxy) is 1. The second kappa shape index (κ2) is 6.86. The van der Waals surface area contributed by atoms with E-state index in [9.17, 15) is 18.0 Å². The van der Waals surface area contributed by atoms with Crippen LogP contribution < -0.4 is 0 Å². The van der Waals surface area contributed by atoms with Crippen LogP contribution in [0.15, 0.2) is 30.3 Å². The topological polar surface area (TPSA) is 60.2 Å². The fourth-order valence-electron chi connectivity index (χ4n) is 3.07. The number of carbonyl (C=O) groups is 1. The van der Waals surface area contributed by atoms with E-state index in [4.69, 9.17) is 4.74 Å². The molecule has 1 aromatic carbocycles. The summed E-state index contributed by atoms with van der Waals surface area (Å²) >= 11 is 0. The summed E-state index contributed by atoms with van der Waals surface area (Å²) in [5, 5.41) is 7.11. The van der Waals surface area contributed by atoms with E-state index < -0.39 is 29.7 Å². The Morgan fingerprint density at radius 1 is 1.15 bits per heavy atom. The predicted molar refractivity (Wildman–Crippen MR) is 90.9 cm³/mol. The Morgan fingerprint density at radius 2 is 1.81 bits per heavy atom. The minimum absolute atomic E-state index is 0.0400. The Labute approximate surface area is 154 Å². The molecule has 146 valence electrons. The molecule has 2 aromatic rings. The highest BCUT2D eigenvalue weighted by Gasteiger charge is 2.43. The molecule has 0 saturated heterocycles. The number of benzene rings is 1. The Bertz CT molecular complexity index is 812. The molecular formula is C18H21F3N4O2. The Morgan fingerprint density at radius 3 is 2.41 bits per heavy atom. The SMILES string of the molecule is CC(C)(C)OC(=O)N1CCn2c(nnc2C(F)(F)F)C1Cc1ccccc1. The first kappa shape index (κ1) is 19.2. The molecule has 1 aliphatic heterocycles. The molecule has 1 amide bonds. The average molecular weight is 382 g/mol. The molecule has 1 aromatic heterocycles. The van der Waals surface area contributed by atoms with E-state index in [1.807, 2.05) is 30.3 Å². The molecule has 1 atom stereocenters. The maximum absolute atomic E-state index is 13.2. The molecule has 1 unspecified atom stereocenters. The van der Waals surface area contributed by atoms with Gasteiger partial charge in [0.05, 0.1) is 6.04 Å². The molecule has 0 bridgehead atoms. The van der Waals surface area contributed by atoms with Crippen LogP contribution in [0.2, 0.25) is 0 Å². The molecule has 2 heterocycles. The van der Waals surface area contributed by atoms with Gasteiger partial charge in [0.1, 0.15) is 5.60 Å². The first-order valence-electron chi connectivity index (χ1n) is 8.60. The third kappa shape index (κ3) is 4.23. The van der Waals surface area contributed by atoms with Gasteiger partial charge in [0.2, 0.25) is 5.82 Å². The van der Waals surface area contributed by atoms with E-state index in [0.29, 0.717) is 6.42 Å². The summed E-state index contributed by atoms with van der Waals surface area (Å²) in [6.07, 6.45) is -4.86. The van der Waals surface area contributed by atoms with E-state index in [-0.39, 0.29) is 18.9 Å². The summed E-state index contributed by atoms with van der Waals surface area (Å²) in [7, 11) is 0. The number of hydrogen-bond donors (Lipinski definition) is 0.